The fourth-order valence-corrected chi connectivity index (χ4v) is 6.69. The standard InChI is InChI=1S/C57H94O6/c1-4-7-10-13-16-19-22-25-27-28-30-32-35-38-41-44-47-50-56(59)62-53-54(52-61-55(58)49-46-43-40-37-34-31-24-21-18-15-12-9-6-3)63-57(60)51-48-45-42-39-36-33-29-26-23-20-17-14-11-8-5-2/h7,10,12,15-16,19,21,24-27,29-30,32,38,41,54H,4-6,8-9,11,13-14,17-18,20,22-23,28,31,33-37,39-40,42-53H2,1-3H3/b10-7-,15-12-,19-16-,24-21-,27-25-,29-26-,32-30-,41-38-. The maximum atomic E-state index is 12.8. The highest BCUT2D eigenvalue weighted by Gasteiger charge is 2.19. The summed E-state index contributed by atoms with van der Waals surface area (Å²) in [5, 5.41) is 0. The van der Waals surface area contributed by atoms with E-state index in [-0.39, 0.29) is 37.5 Å². The molecule has 0 heterocycles. The summed E-state index contributed by atoms with van der Waals surface area (Å²) in [4.78, 5) is 38.0. The zero-order valence-electron chi connectivity index (χ0n) is 40.8. The molecule has 0 aliphatic carbocycles. The summed E-state index contributed by atoms with van der Waals surface area (Å²) in [6.07, 6.45) is 66.8. The first-order chi connectivity index (χ1) is 31.0. The van der Waals surface area contributed by atoms with Gasteiger partial charge in [0.15, 0.2) is 6.10 Å². The first kappa shape index (κ1) is 59.3. The smallest absolute Gasteiger partial charge is 0.306 e. The number of rotatable bonds is 45. The van der Waals surface area contributed by atoms with Crippen LogP contribution in [0.15, 0.2) is 97.2 Å². The zero-order valence-corrected chi connectivity index (χ0v) is 40.8. The first-order valence-corrected chi connectivity index (χ1v) is 25.7. The van der Waals surface area contributed by atoms with Gasteiger partial charge in [-0.05, 0) is 109 Å². The monoisotopic (exact) mass is 875 g/mol. The van der Waals surface area contributed by atoms with Crippen LogP contribution >= 0.6 is 0 Å². The van der Waals surface area contributed by atoms with Crippen LogP contribution in [0.25, 0.3) is 0 Å². The molecule has 6 heteroatoms. The van der Waals surface area contributed by atoms with Crippen molar-refractivity contribution >= 4 is 17.9 Å². The van der Waals surface area contributed by atoms with E-state index in [0.717, 1.165) is 122 Å². The molecule has 0 saturated heterocycles. The minimum Gasteiger partial charge on any atom is -0.462 e. The third-order valence-corrected chi connectivity index (χ3v) is 10.5. The topological polar surface area (TPSA) is 78.9 Å². The third kappa shape index (κ3) is 49.2. The van der Waals surface area contributed by atoms with Gasteiger partial charge in [0.1, 0.15) is 13.2 Å². The molecule has 0 aromatic rings. The molecule has 6 nitrogen and oxygen atoms in total. The van der Waals surface area contributed by atoms with Gasteiger partial charge in [0.05, 0.1) is 0 Å². The van der Waals surface area contributed by atoms with Crippen LogP contribution in [0, 0.1) is 0 Å². The van der Waals surface area contributed by atoms with E-state index >= 15 is 0 Å². The summed E-state index contributed by atoms with van der Waals surface area (Å²) >= 11 is 0. The largest absolute Gasteiger partial charge is 0.462 e. The highest BCUT2D eigenvalue weighted by Crippen LogP contribution is 2.13. The van der Waals surface area contributed by atoms with Gasteiger partial charge in [0.2, 0.25) is 0 Å². The van der Waals surface area contributed by atoms with Crippen LogP contribution in [0.3, 0.4) is 0 Å². The molecule has 0 amide bonds. The summed E-state index contributed by atoms with van der Waals surface area (Å²) in [6, 6.07) is 0. The Morgan fingerprint density at radius 2 is 0.667 bits per heavy atom. The fraction of sp³-hybridized carbons (Fsp3) is 0.667. The summed E-state index contributed by atoms with van der Waals surface area (Å²) in [5.74, 6) is -0.993. The predicted molar refractivity (Wildman–Crippen MR) is 270 cm³/mol. The van der Waals surface area contributed by atoms with E-state index in [9.17, 15) is 14.4 Å². The van der Waals surface area contributed by atoms with E-state index in [1.807, 2.05) is 0 Å². The average Bonchev–Trinajstić information content (AvgIpc) is 3.28. The summed E-state index contributed by atoms with van der Waals surface area (Å²) in [6.45, 7) is 6.37. The minimum absolute atomic E-state index is 0.107. The predicted octanol–water partition coefficient (Wildman–Crippen LogP) is 17.0. The number of esters is 3. The molecule has 0 aliphatic rings. The average molecular weight is 875 g/mol. The molecule has 1 atom stereocenters. The lowest BCUT2D eigenvalue weighted by molar-refractivity contribution is -0.167. The van der Waals surface area contributed by atoms with Gasteiger partial charge >= 0.3 is 17.9 Å². The van der Waals surface area contributed by atoms with Crippen molar-refractivity contribution in [1.82, 2.24) is 0 Å². The van der Waals surface area contributed by atoms with Crippen LogP contribution in [0.5, 0.6) is 0 Å². The lowest BCUT2D eigenvalue weighted by Gasteiger charge is -2.18. The number of carbonyl (C=O) groups excluding carboxylic acids is 3. The normalized spacial score (nSPS) is 12.9. The Morgan fingerprint density at radius 3 is 1.11 bits per heavy atom. The second-order valence-corrected chi connectivity index (χ2v) is 16.7. The van der Waals surface area contributed by atoms with Crippen LogP contribution in [-0.4, -0.2) is 37.2 Å². The van der Waals surface area contributed by atoms with Crippen molar-refractivity contribution in [3.8, 4) is 0 Å². The minimum atomic E-state index is -0.810. The summed E-state index contributed by atoms with van der Waals surface area (Å²) in [7, 11) is 0. The van der Waals surface area contributed by atoms with Crippen molar-refractivity contribution in [2.24, 2.45) is 0 Å². The van der Waals surface area contributed by atoms with Gasteiger partial charge in [-0.15, -0.1) is 0 Å². The van der Waals surface area contributed by atoms with Crippen LogP contribution in [-0.2, 0) is 28.6 Å². The number of carbonyl (C=O) groups is 3. The van der Waals surface area contributed by atoms with E-state index < -0.39 is 6.10 Å². The Kier molecular flexibility index (Phi) is 48.0. The molecule has 0 fully saturated rings. The van der Waals surface area contributed by atoms with Gasteiger partial charge in [-0.3, -0.25) is 14.4 Å². The lowest BCUT2D eigenvalue weighted by Crippen LogP contribution is -2.30. The Labute approximate surface area is 387 Å². The maximum absolute atomic E-state index is 12.8. The Hall–Kier alpha value is -3.67. The molecule has 0 N–H and O–H groups in total. The summed E-state index contributed by atoms with van der Waals surface area (Å²) < 4.78 is 16.7. The molecule has 0 saturated carbocycles. The van der Waals surface area contributed by atoms with Gasteiger partial charge in [-0.25, -0.2) is 0 Å². The molecule has 63 heavy (non-hydrogen) atoms. The van der Waals surface area contributed by atoms with Gasteiger partial charge in [0, 0.05) is 19.3 Å². The van der Waals surface area contributed by atoms with Gasteiger partial charge in [-0.1, -0.05) is 195 Å². The fourth-order valence-electron chi connectivity index (χ4n) is 6.69. The Morgan fingerprint density at radius 1 is 0.333 bits per heavy atom. The van der Waals surface area contributed by atoms with E-state index in [4.69, 9.17) is 14.2 Å². The SMILES string of the molecule is CC/C=C\C/C=C\C/C=C\C/C=C\C/C=C\CCCC(=O)OCC(COC(=O)CCCCCCC/C=C\C/C=C\CCC)OC(=O)CCCCCCC/C=C\CCCCCCCC. The molecular formula is C57H94O6. The van der Waals surface area contributed by atoms with Crippen LogP contribution in [0.2, 0.25) is 0 Å². The van der Waals surface area contributed by atoms with Gasteiger partial charge < -0.3 is 14.2 Å². The molecule has 0 aromatic carbocycles. The van der Waals surface area contributed by atoms with Crippen molar-refractivity contribution < 1.29 is 28.6 Å². The molecule has 0 spiro atoms. The second-order valence-electron chi connectivity index (χ2n) is 16.7. The highest BCUT2D eigenvalue weighted by molar-refractivity contribution is 5.71. The van der Waals surface area contributed by atoms with Gasteiger partial charge in [-0.2, -0.15) is 0 Å². The zero-order chi connectivity index (χ0) is 45.8. The second kappa shape index (κ2) is 51.0. The van der Waals surface area contributed by atoms with E-state index in [1.54, 1.807) is 0 Å². The maximum Gasteiger partial charge on any atom is 0.306 e. The number of unbranched alkanes of at least 4 members (excludes halogenated alkanes) is 18. The van der Waals surface area contributed by atoms with Crippen LogP contribution in [0.1, 0.15) is 226 Å². The Bertz CT molecular complexity index is 1280. The van der Waals surface area contributed by atoms with E-state index in [0.29, 0.717) is 19.3 Å². The van der Waals surface area contributed by atoms with Crippen molar-refractivity contribution in [3.05, 3.63) is 97.2 Å². The molecule has 0 rings (SSSR count). The van der Waals surface area contributed by atoms with Crippen molar-refractivity contribution in [2.75, 3.05) is 13.2 Å². The quantitative estimate of drug-likeness (QED) is 0.0262. The molecular weight excluding hydrogens is 781 g/mol. The van der Waals surface area contributed by atoms with Crippen LogP contribution in [0.4, 0.5) is 0 Å². The molecule has 1 unspecified atom stereocenters. The number of hydrogen-bond donors (Lipinski definition) is 0. The first-order valence-electron chi connectivity index (χ1n) is 25.7. The number of hydrogen-bond acceptors (Lipinski definition) is 6. The lowest BCUT2D eigenvalue weighted by atomic mass is 10.1. The van der Waals surface area contributed by atoms with E-state index in [2.05, 4.69) is 118 Å². The molecule has 358 valence electrons. The third-order valence-electron chi connectivity index (χ3n) is 10.5. The van der Waals surface area contributed by atoms with Gasteiger partial charge in [0.25, 0.3) is 0 Å². The molecule has 0 aliphatic heterocycles. The number of ether oxygens (including phenoxy) is 3. The van der Waals surface area contributed by atoms with Crippen molar-refractivity contribution in [3.63, 3.8) is 0 Å². The molecule has 0 aromatic heterocycles. The highest BCUT2D eigenvalue weighted by atomic mass is 16.6. The Balaban J connectivity index is 4.52. The van der Waals surface area contributed by atoms with Crippen molar-refractivity contribution in [2.45, 2.75) is 232 Å². The number of allylic oxidation sites excluding steroid dienone is 16. The molecule has 0 bridgehead atoms. The van der Waals surface area contributed by atoms with E-state index in [1.165, 1.54) is 57.8 Å². The molecule has 0 radical (unpaired) electrons. The van der Waals surface area contributed by atoms with Crippen LogP contribution < -0.4 is 0 Å². The van der Waals surface area contributed by atoms with Crippen molar-refractivity contribution in [1.29, 1.82) is 0 Å². The summed E-state index contributed by atoms with van der Waals surface area (Å²) in [5.41, 5.74) is 0.